The lowest BCUT2D eigenvalue weighted by Crippen LogP contribution is -2.41. The van der Waals surface area contributed by atoms with Crippen LogP contribution in [0.4, 0.5) is 11.4 Å². The van der Waals surface area contributed by atoms with Crippen molar-refractivity contribution >= 4 is 17.3 Å². The second-order valence-corrected chi connectivity index (χ2v) is 5.79. The number of carbonyl (C=O) groups is 1. The molecule has 1 saturated carbocycles. The summed E-state index contributed by atoms with van der Waals surface area (Å²) in [5.74, 6) is 0.756. The van der Waals surface area contributed by atoms with Crippen molar-refractivity contribution < 1.29 is 9.53 Å². The second-order valence-electron chi connectivity index (χ2n) is 5.79. The highest BCUT2D eigenvalue weighted by atomic mass is 16.5. The smallest absolute Gasteiger partial charge is 0.241 e. The van der Waals surface area contributed by atoms with Crippen LogP contribution in [0, 0.1) is 5.92 Å². The van der Waals surface area contributed by atoms with E-state index in [4.69, 9.17) is 10.5 Å². The Morgan fingerprint density at radius 2 is 2.10 bits per heavy atom. The van der Waals surface area contributed by atoms with Gasteiger partial charge in [0, 0.05) is 24.5 Å². The molecule has 1 aliphatic carbocycles. The van der Waals surface area contributed by atoms with Gasteiger partial charge in [0.2, 0.25) is 5.91 Å². The normalized spacial score (nSPS) is 16.0. The highest BCUT2D eigenvalue weighted by molar-refractivity contribution is 5.94. The van der Waals surface area contributed by atoms with E-state index < -0.39 is 0 Å². The number of hydrogen-bond acceptors (Lipinski definition) is 4. The van der Waals surface area contributed by atoms with Gasteiger partial charge in [0.15, 0.2) is 0 Å². The summed E-state index contributed by atoms with van der Waals surface area (Å²) in [6, 6.07) is 6.95. The Labute approximate surface area is 126 Å². The van der Waals surface area contributed by atoms with Crippen molar-refractivity contribution in [3.8, 4) is 0 Å². The van der Waals surface area contributed by atoms with E-state index in [-0.39, 0.29) is 11.9 Å². The number of benzene rings is 1. The van der Waals surface area contributed by atoms with Gasteiger partial charge in [0.25, 0.3) is 0 Å². The number of hydrogen-bond donors (Lipinski definition) is 2. The van der Waals surface area contributed by atoms with E-state index in [2.05, 4.69) is 5.32 Å². The Morgan fingerprint density at radius 1 is 1.43 bits per heavy atom. The number of ether oxygens (including phenoxy) is 1. The molecular formula is C16H25N3O2. The van der Waals surface area contributed by atoms with Gasteiger partial charge in [-0.2, -0.15) is 0 Å². The summed E-state index contributed by atoms with van der Waals surface area (Å²) in [5.41, 5.74) is 7.07. The monoisotopic (exact) mass is 291 g/mol. The molecule has 1 atom stereocenters. The second kappa shape index (κ2) is 7.43. The van der Waals surface area contributed by atoms with Gasteiger partial charge in [-0.25, -0.2) is 0 Å². The van der Waals surface area contributed by atoms with Gasteiger partial charge in [-0.15, -0.1) is 0 Å². The van der Waals surface area contributed by atoms with Crippen molar-refractivity contribution in [2.24, 2.45) is 5.92 Å². The summed E-state index contributed by atoms with van der Waals surface area (Å²) in [7, 11) is 1.94. The molecule has 2 rings (SSSR count). The molecular weight excluding hydrogens is 266 g/mol. The number of rotatable bonds is 8. The van der Waals surface area contributed by atoms with Gasteiger partial charge in [0.1, 0.15) is 0 Å². The van der Waals surface area contributed by atoms with Gasteiger partial charge in [-0.1, -0.05) is 0 Å². The lowest BCUT2D eigenvalue weighted by atomic mass is 10.2. The molecule has 1 aliphatic rings. The number of likely N-dealkylation sites (N-methyl/N-ethyl adjacent to an activating group) is 1. The molecule has 0 saturated heterocycles. The summed E-state index contributed by atoms with van der Waals surface area (Å²) in [6.45, 7) is 4.18. The zero-order valence-electron chi connectivity index (χ0n) is 12.8. The topological polar surface area (TPSA) is 67.6 Å². The molecule has 3 N–H and O–H groups in total. The third-order valence-corrected chi connectivity index (χ3v) is 3.86. The summed E-state index contributed by atoms with van der Waals surface area (Å²) in [5, 5.41) is 2.89. The van der Waals surface area contributed by atoms with Crippen LogP contribution in [-0.4, -0.2) is 43.7 Å². The SMILES string of the molecule is CC(C(=O)Nc1ccc(N)cc1)N(C)CCOCC1CC1. The average Bonchev–Trinajstić information content (AvgIpc) is 3.29. The van der Waals surface area contributed by atoms with Crippen LogP contribution in [0.2, 0.25) is 0 Å². The summed E-state index contributed by atoms with van der Waals surface area (Å²) in [6.07, 6.45) is 2.60. The van der Waals surface area contributed by atoms with E-state index in [1.54, 1.807) is 24.3 Å². The minimum atomic E-state index is -0.202. The van der Waals surface area contributed by atoms with Crippen molar-refractivity contribution in [2.75, 3.05) is 37.9 Å². The first kappa shape index (κ1) is 15.8. The highest BCUT2D eigenvalue weighted by Gasteiger charge is 2.22. The van der Waals surface area contributed by atoms with Gasteiger partial charge in [-0.3, -0.25) is 9.69 Å². The average molecular weight is 291 g/mol. The number of nitrogens with zero attached hydrogens (tertiary/aromatic N) is 1. The number of nitrogen functional groups attached to an aromatic ring is 1. The Bertz CT molecular complexity index is 457. The van der Waals surface area contributed by atoms with Crippen LogP contribution in [0.1, 0.15) is 19.8 Å². The van der Waals surface area contributed by atoms with Crippen LogP contribution in [-0.2, 0) is 9.53 Å². The predicted molar refractivity (Wildman–Crippen MR) is 85.1 cm³/mol. The molecule has 0 aliphatic heterocycles. The molecule has 1 amide bonds. The van der Waals surface area contributed by atoms with E-state index in [1.165, 1.54) is 12.8 Å². The molecule has 116 valence electrons. The number of nitrogens with one attached hydrogen (secondary N) is 1. The van der Waals surface area contributed by atoms with Gasteiger partial charge in [0.05, 0.1) is 12.6 Å². The van der Waals surface area contributed by atoms with E-state index in [1.807, 2.05) is 18.9 Å². The first-order valence-electron chi connectivity index (χ1n) is 7.50. The maximum absolute atomic E-state index is 12.2. The van der Waals surface area contributed by atoms with Crippen LogP contribution in [0.5, 0.6) is 0 Å². The molecule has 1 aromatic rings. The van der Waals surface area contributed by atoms with E-state index in [0.29, 0.717) is 12.3 Å². The zero-order valence-corrected chi connectivity index (χ0v) is 12.8. The maximum Gasteiger partial charge on any atom is 0.241 e. The zero-order chi connectivity index (χ0) is 15.2. The maximum atomic E-state index is 12.2. The minimum Gasteiger partial charge on any atom is -0.399 e. The highest BCUT2D eigenvalue weighted by Crippen LogP contribution is 2.28. The fraction of sp³-hybridized carbons (Fsp3) is 0.562. The molecule has 21 heavy (non-hydrogen) atoms. The molecule has 0 heterocycles. The third kappa shape index (κ3) is 5.36. The number of anilines is 2. The van der Waals surface area contributed by atoms with Crippen molar-refractivity contribution in [1.82, 2.24) is 4.90 Å². The predicted octanol–water partition coefficient (Wildman–Crippen LogP) is 1.95. The summed E-state index contributed by atoms with van der Waals surface area (Å²) in [4.78, 5) is 14.2. The van der Waals surface area contributed by atoms with Gasteiger partial charge >= 0.3 is 0 Å². The van der Waals surface area contributed by atoms with Crippen LogP contribution >= 0.6 is 0 Å². The van der Waals surface area contributed by atoms with Crippen LogP contribution in [0.3, 0.4) is 0 Å². The van der Waals surface area contributed by atoms with Crippen LogP contribution in [0.25, 0.3) is 0 Å². The lowest BCUT2D eigenvalue weighted by molar-refractivity contribution is -0.120. The lowest BCUT2D eigenvalue weighted by Gasteiger charge is -2.23. The third-order valence-electron chi connectivity index (χ3n) is 3.86. The molecule has 5 nitrogen and oxygen atoms in total. The molecule has 0 spiro atoms. The van der Waals surface area contributed by atoms with Crippen LogP contribution in [0.15, 0.2) is 24.3 Å². The standard InChI is InChI=1S/C16H25N3O2/c1-12(19(2)9-10-21-11-13-3-4-13)16(20)18-15-7-5-14(17)6-8-15/h5-8,12-13H,3-4,9-11,17H2,1-2H3,(H,18,20). The Hall–Kier alpha value is -1.59. The van der Waals surface area contributed by atoms with Crippen molar-refractivity contribution in [3.05, 3.63) is 24.3 Å². The Kier molecular flexibility index (Phi) is 5.59. The number of nitrogens with two attached hydrogens (primary N) is 1. The largest absolute Gasteiger partial charge is 0.399 e. The summed E-state index contributed by atoms with van der Waals surface area (Å²) < 4.78 is 5.60. The Balaban J connectivity index is 1.70. The van der Waals surface area contributed by atoms with E-state index >= 15 is 0 Å². The fourth-order valence-corrected chi connectivity index (χ4v) is 1.95. The quantitative estimate of drug-likeness (QED) is 0.567. The summed E-state index contributed by atoms with van der Waals surface area (Å²) >= 11 is 0. The van der Waals surface area contributed by atoms with Crippen molar-refractivity contribution in [2.45, 2.75) is 25.8 Å². The van der Waals surface area contributed by atoms with Gasteiger partial charge < -0.3 is 15.8 Å². The molecule has 1 fully saturated rings. The fourth-order valence-electron chi connectivity index (χ4n) is 1.95. The number of carbonyl (C=O) groups excluding carboxylic acids is 1. The van der Waals surface area contributed by atoms with Gasteiger partial charge in [-0.05, 0) is 57.0 Å². The van der Waals surface area contributed by atoms with Crippen molar-refractivity contribution in [3.63, 3.8) is 0 Å². The molecule has 1 aromatic carbocycles. The molecule has 5 heteroatoms. The van der Waals surface area contributed by atoms with Crippen LogP contribution < -0.4 is 11.1 Å². The molecule has 0 bridgehead atoms. The molecule has 0 radical (unpaired) electrons. The Morgan fingerprint density at radius 3 is 2.71 bits per heavy atom. The van der Waals surface area contributed by atoms with E-state index in [0.717, 1.165) is 24.8 Å². The molecule has 1 unspecified atom stereocenters. The molecule has 0 aromatic heterocycles. The minimum absolute atomic E-state index is 0.0236. The van der Waals surface area contributed by atoms with E-state index in [9.17, 15) is 4.79 Å². The number of amides is 1. The first-order valence-corrected chi connectivity index (χ1v) is 7.50. The first-order chi connectivity index (χ1) is 10.1. The van der Waals surface area contributed by atoms with Crippen molar-refractivity contribution in [1.29, 1.82) is 0 Å².